The lowest BCUT2D eigenvalue weighted by molar-refractivity contribution is -0.385. The molecule has 20 heavy (non-hydrogen) atoms. The summed E-state index contributed by atoms with van der Waals surface area (Å²) in [5.74, 6) is 0.321. The van der Waals surface area contributed by atoms with Crippen LogP contribution in [0.1, 0.15) is 15.9 Å². The maximum Gasteiger partial charge on any atom is 0.311 e. The molecular weight excluding hydrogens is 260 g/mol. The van der Waals surface area contributed by atoms with Gasteiger partial charge in [0.25, 0.3) is 0 Å². The van der Waals surface area contributed by atoms with Crippen LogP contribution in [0.4, 0.5) is 5.69 Å². The first kappa shape index (κ1) is 13.2. The summed E-state index contributed by atoms with van der Waals surface area (Å²) in [4.78, 5) is 20.9. The number of hydrogen-bond acceptors (Lipinski definition) is 5. The Morgan fingerprint density at radius 2 is 1.90 bits per heavy atom. The molecule has 98 valence electrons. The molecule has 2 aromatic rings. The zero-order chi connectivity index (χ0) is 14.5. The van der Waals surface area contributed by atoms with Gasteiger partial charge >= 0.3 is 5.69 Å². The van der Waals surface area contributed by atoms with E-state index in [1.54, 1.807) is 0 Å². The Bertz CT molecular complexity index is 702. The first-order valence-corrected chi connectivity index (χ1v) is 5.55. The van der Waals surface area contributed by atoms with E-state index in [9.17, 15) is 14.9 Å². The number of carbonyl (C=O) groups excluding carboxylic acids is 1. The van der Waals surface area contributed by atoms with Crippen molar-refractivity contribution in [2.75, 3.05) is 0 Å². The van der Waals surface area contributed by atoms with E-state index in [0.717, 1.165) is 0 Å². The van der Waals surface area contributed by atoms with Gasteiger partial charge in [0.05, 0.1) is 16.6 Å². The fourth-order valence-electron chi connectivity index (χ4n) is 1.56. The molecule has 0 bridgehead atoms. The lowest BCUT2D eigenvalue weighted by Crippen LogP contribution is -1.94. The van der Waals surface area contributed by atoms with Crippen molar-refractivity contribution in [1.82, 2.24) is 0 Å². The van der Waals surface area contributed by atoms with Gasteiger partial charge in [-0.25, -0.2) is 0 Å². The Hall–Kier alpha value is -3.20. The van der Waals surface area contributed by atoms with Crippen LogP contribution in [0.15, 0.2) is 42.5 Å². The minimum atomic E-state index is -0.587. The maximum absolute atomic E-state index is 10.9. The Labute approximate surface area is 114 Å². The molecule has 0 heterocycles. The second kappa shape index (κ2) is 5.63. The topological polar surface area (TPSA) is 93.2 Å². The summed E-state index contributed by atoms with van der Waals surface area (Å²) in [5, 5.41) is 19.7. The number of nitro groups is 1. The molecule has 6 nitrogen and oxygen atoms in total. The van der Waals surface area contributed by atoms with Crippen LogP contribution in [0.2, 0.25) is 0 Å². The molecular formula is C14H8N2O4. The van der Waals surface area contributed by atoms with E-state index in [0.29, 0.717) is 17.6 Å². The third-order valence-electron chi connectivity index (χ3n) is 2.53. The molecule has 6 heteroatoms. The van der Waals surface area contributed by atoms with Gasteiger partial charge in [0, 0.05) is 17.7 Å². The van der Waals surface area contributed by atoms with Gasteiger partial charge in [-0.05, 0) is 30.3 Å². The fraction of sp³-hybridized carbons (Fsp3) is 0. The zero-order valence-electron chi connectivity index (χ0n) is 10.1. The summed E-state index contributed by atoms with van der Waals surface area (Å²) in [6, 6.07) is 11.9. The van der Waals surface area contributed by atoms with E-state index >= 15 is 0 Å². The van der Waals surface area contributed by atoms with Crippen LogP contribution in [-0.4, -0.2) is 11.2 Å². The van der Waals surface area contributed by atoms with Crippen molar-refractivity contribution >= 4 is 12.0 Å². The van der Waals surface area contributed by atoms with Crippen LogP contribution in [0, 0.1) is 21.4 Å². The van der Waals surface area contributed by atoms with E-state index in [1.807, 2.05) is 6.07 Å². The van der Waals surface area contributed by atoms with Crippen LogP contribution >= 0.6 is 0 Å². The molecule has 0 radical (unpaired) electrons. The van der Waals surface area contributed by atoms with Crippen LogP contribution in [0.25, 0.3) is 0 Å². The summed E-state index contributed by atoms with van der Waals surface area (Å²) in [5.41, 5.74) is 0.496. The number of carbonyl (C=O) groups is 1. The highest BCUT2D eigenvalue weighted by atomic mass is 16.6. The van der Waals surface area contributed by atoms with Gasteiger partial charge in [-0.1, -0.05) is 0 Å². The lowest BCUT2D eigenvalue weighted by Gasteiger charge is -2.06. The number of benzene rings is 2. The summed E-state index contributed by atoms with van der Waals surface area (Å²) >= 11 is 0. The van der Waals surface area contributed by atoms with Crippen molar-refractivity contribution in [3.8, 4) is 17.6 Å². The van der Waals surface area contributed by atoms with Gasteiger partial charge in [0.2, 0.25) is 5.75 Å². The van der Waals surface area contributed by atoms with Crippen molar-refractivity contribution in [3.05, 3.63) is 63.7 Å². The van der Waals surface area contributed by atoms with Gasteiger partial charge in [0.15, 0.2) is 0 Å². The summed E-state index contributed by atoms with van der Waals surface area (Å²) < 4.78 is 5.40. The molecule has 0 aliphatic rings. The molecule has 0 N–H and O–H groups in total. The first-order valence-electron chi connectivity index (χ1n) is 5.55. The standard InChI is InChI=1S/C14H8N2O4/c15-8-11-3-6-13(16(18)19)14(7-11)20-12-4-1-10(9-17)2-5-12/h1-7,9H. The molecule has 0 fully saturated rings. The van der Waals surface area contributed by atoms with Gasteiger partial charge < -0.3 is 4.74 Å². The predicted molar refractivity (Wildman–Crippen MR) is 69.7 cm³/mol. The van der Waals surface area contributed by atoms with Crippen LogP contribution in [0.5, 0.6) is 11.5 Å². The molecule has 0 aliphatic carbocycles. The van der Waals surface area contributed by atoms with Crippen molar-refractivity contribution in [1.29, 1.82) is 5.26 Å². The number of ether oxygens (including phenoxy) is 1. The SMILES string of the molecule is N#Cc1ccc([N+](=O)[O-])c(Oc2ccc(C=O)cc2)c1. The van der Waals surface area contributed by atoms with Crippen LogP contribution < -0.4 is 4.74 Å². The fourth-order valence-corrected chi connectivity index (χ4v) is 1.56. The maximum atomic E-state index is 10.9. The number of nitrogens with zero attached hydrogens (tertiary/aromatic N) is 2. The Balaban J connectivity index is 2.37. The monoisotopic (exact) mass is 268 g/mol. The number of nitriles is 1. The lowest BCUT2D eigenvalue weighted by atomic mass is 10.2. The molecule has 2 aromatic carbocycles. The predicted octanol–water partition coefficient (Wildman–Crippen LogP) is 3.07. The van der Waals surface area contributed by atoms with E-state index in [-0.39, 0.29) is 17.0 Å². The molecule has 0 aromatic heterocycles. The number of rotatable bonds is 4. The third kappa shape index (κ3) is 2.79. The van der Waals surface area contributed by atoms with Gasteiger partial charge in [-0.15, -0.1) is 0 Å². The van der Waals surface area contributed by atoms with E-state index in [4.69, 9.17) is 10.00 Å². The Morgan fingerprint density at radius 3 is 2.45 bits per heavy atom. The van der Waals surface area contributed by atoms with Gasteiger partial charge in [-0.3, -0.25) is 14.9 Å². The molecule has 0 aliphatic heterocycles. The highest BCUT2D eigenvalue weighted by Gasteiger charge is 2.16. The summed E-state index contributed by atoms with van der Waals surface area (Å²) in [6.07, 6.45) is 0.683. The third-order valence-corrected chi connectivity index (χ3v) is 2.53. The number of hydrogen-bond donors (Lipinski definition) is 0. The van der Waals surface area contributed by atoms with E-state index in [2.05, 4.69) is 0 Å². The normalized spacial score (nSPS) is 9.55. The van der Waals surface area contributed by atoms with Crippen molar-refractivity contribution in [2.45, 2.75) is 0 Å². The molecule has 0 saturated heterocycles. The number of aldehydes is 1. The molecule has 2 rings (SSSR count). The van der Waals surface area contributed by atoms with Crippen molar-refractivity contribution in [3.63, 3.8) is 0 Å². The van der Waals surface area contributed by atoms with Crippen molar-refractivity contribution < 1.29 is 14.5 Å². The van der Waals surface area contributed by atoms with Gasteiger partial charge in [-0.2, -0.15) is 5.26 Å². The van der Waals surface area contributed by atoms with Crippen LogP contribution in [0.3, 0.4) is 0 Å². The Morgan fingerprint density at radius 1 is 1.20 bits per heavy atom. The minimum absolute atomic E-state index is 0.0205. The second-order valence-electron chi connectivity index (χ2n) is 3.84. The zero-order valence-corrected chi connectivity index (χ0v) is 10.1. The smallest absolute Gasteiger partial charge is 0.311 e. The van der Waals surface area contributed by atoms with Gasteiger partial charge in [0.1, 0.15) is 12.0 Å². The quantitative estimate of drug-likeness (QED) is 0.482. The van der Waals surface area contributed by atoms with E-state index in [1.165, 1.54) is 42.5 Å². The van der Waals surface area contributed by atoms with Crippen LogP contribution in [-0.2, 0) is 0 Å². The number of nitro benzene ring substituents is 1. The Kier molecular flexibility index (Phi) is 3.72. The average Bonchev–Trinajstić information content (AvgIpc) is 2.47. The molecule has 0 spiro atoms. The second-order valence-corrected chi connectivity index (χ2v) is 3.84. The molecule has 0 saturated carbocycles. The molecule has 0 atom stereocenters. The largest absolute Gasteiger partial charge is 0.450 e. The van der Waals surface area contributed by atoms with E-state index < -0.39 is 4.92 Å². The molecule has 0 amide bonds. The summed E-state index contributed by atoms with van der Waals surface area (Å²) in [6.45, 7) is 0. The highest BCUT2D eigenvalue weighted by Crippen LogP contribution is 2.32. The highest BCUT2D eigenvalue weighted by molar-refractivity contribution is 5.74. The average molecular weight is 268 g/mol. The molecule has 0 unspecified atom stereocenters. The first-order chi connectivity index (χ1) is 9.63. The van der Waals surface area contributed by atoms with Crippen molar-refractivity contribution in [2.24, 2.45) is 0 Å². The summed E-state index contributed by atoms with van der Waals surface area (Å²) in [7, 11) is 0. The minimum Gasteiger partial charge on any atom is -0.450 e.